The molecule has 0 bridgehead atoms. The molecule has 0 spiro atoms. The van der Waals surface area contributed by atoms with Crippen molar-refractivity contribution in [1.29, 1.82) is 0 Å². The van der Waals surface area contributed by atoms with Crippen molar-refractivity contribution in [3.63, 3.8) is 0 Å². The summed E-state index contributed by atoms with van der Waals surface area (Å²) in [6, 6.07) is 3.69. The lowest BCUT2D eigenvalue weighted by Crippen LogP contribution is -2.32. The molecular formula is C12H11N3O5. The van der Waals surface area contributed by atoms with Gasteiger partial charge in [0.1, 0.15) is 0 Å². The van der Waals surface area contributed by atoms with E-state index in [-0.39, 0.29) is 16.9 Å². The zero-order valence-electron chi connectivity index (χ0n) is 10.5. The average Bonchev–Trinajstić information content (AvgIpc) is 2.46. The molecule has 8 heteroatoms. The molecule has 1 aliphatic heterocycles. The van der Waals surface area contributed by atoms with Gasteiger partial charge < -0.3 is 14.7 Å². The number of nitro benzene ring substituents is 1. The molecule has 1 aromatic carbocycles. The molecule has 2 rings (SSSR count). The zero-order valence-corrected chi connectivity index (χ0v) is 10.5. The summed E-state index contributed by atoms with van der Waals surface area (Å²) in [6.45, 7) is 0. The Bertz CT molecular complexity index is 611. The Hall–Kier alpha value is -2.74. The molecule has 1 atom stereocenters. The number of carbonyl (C=O) groups excluding carboxylic acids is 1. The first-order valence-electron chi connectivity index (χ1n) is 5.57. The van der Waals surface area contributed by atoms with Gasteiger partial charge in [0, 0.05) is 24.5 Å². The Morgan fingerprint density at radius 2 is 2.30 bits per heavy atom. The first-order valence-corrected chi connectivity index (χ1v) is 5.57. The number of allylic oxidation sites excluding steroid dienone is 1. The van der Waals surface area contributed by atoms with Crippen LogP contribution in [0.4, 0.5) is 11.4 Å². The van der Waals surface area contributed by atoms with Crippen LogP contribution in [0.3, 0.4) is 0 Å². The number of non-ortho nitro benzene ring substituents is 1. The second-order valence-corrected chi connectivity index (χ2v) is 3.84. The number of aliphatic hydroxyl groups is 1. The van der Waals surface area contributed by atoms with Gasteiger partial charge in [-0.3, -0.25) is 10.1 Å². The number of anilines is 1. The summed E-state index contributed by atoms with van der Waals surface area (Å²) >= 11 is 0. The summed E-state index contributed by atoms with van der Waals surface area (Å²) in [6.07, 6.45) is 3.27. The summed E-state index contributed by atoms with van der Waals surface area (Å²) in [5, 5.41) is 20.5. The molecule has 0 aliphatic carbocycles. The first kappa shape index (κ1) is 13.7. The molecule has 0 fully saturated rings. The lowest BCUT2D eigenvalue weighted by Gasteiger charge is -2.26. The van der Waals surface area contributed by atoms with Crippen molar-refractivity contribution in [2.45, 2.75) is 6.35 Å². The molecule has 0 saturated carbocycles. The van der Waals surface area contributed by atoms with Crippen LogP contribution in [-0.2, 0) is 4.74 Å². The normalized spacial score (nSPS) is 17.1. The van der Waals surface area contributed by atoms with Crippen molar-refractivity contribution in [2.75, 3.05) is 12.0 Å². The average molecular weight is 277 g/mol. The molecule has 1 heterocycles. The number of ether oxygens (including phenoxy) is 1. The maximum absolute atomic E-state index is 11.7. The molecule has 1 aromatic rings. The molecule has 20 heavy (non-hydrogen) atoms. The number of nitrogens with zero attached hydrogens (tertiary/aromatic N) is 3. The lowest BCUT2D eigenvalue weighted by molar-refractivity contribution is -0.384. The van der Waals surface area contributed by atoms with Crippen LogP contribution in [0.15, 0.2) is 35.5 Å². The van der Waals surface area contributed by atoms with Crippen LogP contribution in [0.1, 0.15) is 10.4 Å². The van der Waals surface area contributed by atoms with E-state index in [0.717, 1.165) is 6.07 Å². The Balaban J connectivity index is 2.52. The quantitative estimate of drug-likeness (QED) is 0.503. The van der Waals surface area contributed by atoms with E-state index in [1.54, 1.807) is 6.08 Å². The van der Waals surface area contributed by atoms with Crippen LogP contribution in [0.2, 0.25) is 0 Å². The predicted octanol–water partition coefficient (Wildman–Crippen LogP) is 1.06. The maximum atomic E-state index is 11.7. The first-order chi connectivity index (χ1) is 9.54. The van der Waals surface area contributed by atoms with Gasteiger partial charge in [0.15, 0.2) is 0 Å². The highest BCUT2D eigenvalue weighted by atomic mass is 16.6. The predicted molar refractivity (Wildman–Crippen MR) is 70.6 cm³/mol. The summed E-state index contributed by atoms with van der Waals surface area (Å²) in [4.78, 5) is 27.0. The van der Waals surface area contributed by atoms with Crippen molar-refractivity contribution in [3.05, 3.63) is 46.2 Å². The van der Waals surface area contributed by atoms with Crippen molar-refractivity contribution < 1.29 is 19.6 Å². The number of benzene rings is 1. The Kier molecular flexibility index (Phi) is 3.76. The number of aliphatic imine (C=N–C) groups is 1. The minimum atomic E-state index is -1.20. The summed E-state index contributed by atoms with van der Waals surface area (Å²) in [5.74, 6) is -0.737. The Labute approximate surface area is 113 Å². The van der Waals surface area contributed by atoms with Crippen molar-refractivity contribution in [1.82, 2.24) is 0 Å². The van der Waals surface area contributed by atoms with Crippen LogP contribution in [0.5, 0.6) is 0 Å². The van der Waals surface area contributed by atoms with E-state index in [4.69, 9.17) is 0 Å². The van der Waals surface area contributed by atoms with Gasteiger partial charge in [0.05, 0.1) is 23.3 Å². The maximum Gasteiger partial charge on any atom is 0.340 e. The van der Waals surface area contributed by atoms with Gasteiger partial charge in [-0.1, -0.05) is 0 Å². The molecule has 0 saturated heterocycles. The van der Waals surface area contributed by atoms with Gasteiger partial charge in [-0.2, -0.15) is 0 Å². The van der Waals surface area contributed by atoms with E-state index < -0.39 is 17.2 Å². The fourth-order valence-corrected chi connectivity index (χ4v) is 1.75. The standard InChI is InChI=1S/C12H11N3O5/c1-20-11(16)9-7-8(15(18)19)3-4-10(9)14-6-2-5-13-12(14)17/h2-7,12,17H,1H3. The highest BCUT2D eigenvalue weighted by Gasteiger charge is 2.24. The number of rotatable bonds is 3. The fraction of sp³-hybridized carbons (Fsp3) is 0.167. The largest absolute Gasteiger partial charge is 0.465 e. The van der Waals surface area contributed by atoms with Crippen molar-refractivity contribution in [2.24, 2.45) is 4.99 Å². The lowest BCUT2D eigenvalue weighted by atomic mass is 10.1. The molecule has 0 aromatic heterocycles. The van der Waals surface area contributed by atoms with Crippen molar-refractivity contribution in [3.8, 4) is 0 Å². The number of nitro groups is 1. The molecule has 1 N–H and O–H groups in total. The van der Waals surface area contributed by atoms with Crippen LogP contribution in [-0.4, -0.2) is 35.7 Å². The van der Waals surface area contributed by atoms with E-state index in [1.807, 2.05) is 0 Å². The van der Waals surface area contributed by atoms with Gasteiger partial charge in [-0.05, 0) is 12.1 Å². The van der Waals surface area contributed by atoms with Gasteiger partial charge in [-0.25, -0.2) is 9.79 Å². The SMILES string of the molecule is COC(=O)c1cc([N+](=O)[O-])ccc1N1C=CC=NC1O. The number of carbonyl (C=O) groups is 1. The van der Waals surface area contributed by atoms with E-state index in [2.05, 4.69) is 9.73 Å². The molecular weight excluding hydrogens is 266 g/mol. The van der Waals surface area contributed by atoms with Crippen LogP contribution >= 0.6 is 0 Å². The van der Waals surface area contributed by atoms with E-state index in [1.165, 1.54) is 36.6 Å². The van der Waals surface area contributed by atoms with E-state index in [0.29, 0.717) is 0 Å². The van der Waals surface area contributed by atoms with Gasteiger partial charge in [0.25, 0.3) is 5.69 Å². The van der Waals surface area contributed by atoms with Crippen LogP contribution in [0, 0.1) is 10.1 Å². The number of hydrogen-bond donors (Lipinski definition) is 1. The Morgan fingerprint density at radius 3 is 2.90 bits per heavy atom. The van der Waals surface area contributed by atoms with Crippen LogP contribution in [0.25, 0.3) is 0 Å². The van der Waals surface area contributed by atoms with Crippen LogP contribution < -0.4 is 4.90 Å². The zero-order chi connectivity index (χ0) is 14.7. The van der Waals surface area contributed by atoms with Gasteiger partial charge >= 0.3 is 5.97 Å². The van der Waals surface area contributed by atoms with Gasteiger partial charge in [0.2, 0.25) is 6.35 Å². The summed E-state index contributed by atoms with van der Waals surface area (Å²) in [5.41, 5.74) is -0.00122. The minimum absolute atomic E-state index is 0.0255. The minimum Gasteiger partial charge on any atom is -0.465 e. The smallest absolute Gasteiger partial charge is 0.340 e. The molecule has 1 aliphatic rings. The van der Waals surface area contributed by atoms with E-state index >= 15 is 0 Å². The third-order valence-corrected chi connectivity index (χ3v) is 2.68. The van der Waals surface area contributed by atoms with E-state index in [9.17, 15) is 20.0 Å². The molecule has 8 nitrogen and oxygen atoms in total. The van der Waals surface area contributed by atoms with Gasteiger partial charge in [-0.15, -0.1) is 0 Å². The molecule has 0 radical (unpaired) electrons. The third-order valence-electron chi connectivity index (χ3n) is 2.68. The second kappa shape index (κ2) is 5.49. The summed E-state index contributed by atoms with van der Waals surface area (Å²) in [7, 11) is 1.17. The molecule has 0 amide bonds. The van der Waals surface area contributed by atoms with Crippen molar-refractivity contribution >= 4 is 23.6 Å². The Morgan fingerprint density at radius 1 is 1.55 bits per heavy atom. The third kappa shape index (κ3) is 2.50. The second-order valence-electron chi connectivity index (χ2n) is 3.84. The highest BCUT2D eigenvalue weighted by molar-refractivity contribution is 5.97. The summed E-state index contributed by atoms with van der Waals surface area (Å²) < 4.78 is 4.61. The number of hydrogen-bond acceptors (Lipinski definition) is 7. The number of methoxy groups -OCH3 is 1. The topological polar surface area (TPSA) is 105 Å². The molecule has 1 unspecified atom stereocenters. The fourth-order valence-electron chi connectivity index (χ4n) is 1.75. The highest BCUT2D eigenvalue weighted by Crippen LogP contribution is 2.28. The number of aliphatic hydroxyl groups excluding tert-OH is 1. The number of esters is 1. The molecule has 104 valence electrons. The monoisotopic (exact) mass is 277 g/mol.